The Morgan fingerprint density at radius 2 is 1.83 bits per heavy atom. The number of aromatic nitrogens is 2. The number of unbranched alkanes of at least 4 members (excludes halogenated alkanes) is 1. The van der Waals surface area contributed by atoms with Gasteiger partial charge < -0.3 is 24.1 Å². The third-order valence-corrected chi connectivity index (χ3v) is 5.99. The Labute approximate surface area is 212 Å². The highest BCUT2D eigenvalue weighted by atomic mass is 16.6. The van der Waals surface area contributed by atoms with E-state index in [2.05, 4.69) is 46.2 Å². The van der Waals surface area contributed by atoms with E-state index in [4.69, 9.17) is 14.2 Å². The molecule has 36 heavy (non-hydrogen) atoms. The molecule has 0 spiro atoms. The van der Waals surface area contributed by atoms with Crippen molar-refractivity contribution in [3.8, 4) is 17.1 Å². The van der Waals surface area contributed by atoms with Crippen molar-refractivity contribution in [3.05, 3.63) is 47.2 Å². The Morgan fingerprint density at radius 3 is 2.47 bits per heavy atom. The topological polar surface area (TPSA) is 91.7 Å². The molecule has 1 aromatic carbocycles. The molecule has 0 saturated carbocycles. The van der Waals surface area contributed by atoms with Crippen molar-refractivity contribution in [2.45, 2.75) is 59.0 Å². The Hall–Kier alpha value is -3.55. The van der Waals surface area contributed by atoms with Crippen molar-refractivity contribution >= 4 is 23.0 Å². The maximum Gasteiger partial charge on any atom is 0.407 e. The first kappa shape index (κ1) is 27.0. The maximum atomic E-state index is 12.2. The minimum atomic E-state index is -0.492. The molecule has 0 saturated heterocycles. The fraction of sp³-hybridized carbons (Fsp3) is 0.464. The maximum absolute atomic E-state index is 12.2. The van der Waals surface area contributed by atoms with Crippen LogP contribution in [-0.4, -0.2) is 48.0 Å². The minimum absolute atomic E-state index is 0.253. The van der Waals surface area contributed by atoms with Crippen LogP contribution >= 0.6 is 0 Å². The number of alkyl carbamates (subject to hydrolysis) is 1. The minimum Gasteiger partial charge on any atom is -0.480 e. The van der Waals surface area contributed by atoms with Gasteiger partial charge in [-0.3, -0.25) is 0 Å². The fourth-order valence-electron chi connectivity index (χ4n) is 4.20. The Balaban J connectivity index is 1.76. The number of methoxy groups -OCH3 is 2. The highest BCUT2D eigenvalue weighted by Gasteiger charge is 2.20. The van der Waals surface area contributed by atoms with Crippen molar-refractivity contribution in [2.24, 2.45) is 7.05 Å². The van der Waals surface area contributed by atoms with Gasteiger partial charge in [-0.2, -0.15) is 0 Å². The van der Waals surface area contributed by atoms with Gasteiger partial charge in [-0.25, -0.2) is 14.6 Å². The average molecular weight is 496 g/mol. The molecule has 0 atom stereocenters. The standard InChI is InChI=1S/C28H37N3O5/c1-8-18-17-22(26(32)35-7)25(34-6)30-24(18)19-12-13-23-20(15-19)16-21(31(23)5)11-9-10-14-29-27(33)36-28(2,3)4/h12-13,15-17H,8-11,14H2,1-7H3,(H,29,33). The Morgan fingerprint density at radius 1 is 1.08 bits per heavy atom. The first-order chi connectivity index (χ1) is 17.1. The smallest absolute Gasteiger partial charge is 0.407 e. The van der Waals surface area contributed by atoms with E-state index in [0.29, 0.717) is 18.5 Å². The number of fused-ring (bicyclic) bond motifs is 1. The number of pyridine rings is 1. The summed E-state index contributed by atoms with van der Waals surface area (Å²) in [5.41, 5.74) is 4.90. The van der Waals surface area contributed by atoms with Gasteiger partial charge in [-0.15, -0.1) is 0 Å². The molecule has 8 heteroatoms. The monoisotopic (exact) mass is 495 g/mol. The molecule has 0 aliphatic heterocycles. The van der Waals surface area contributed by atoms with Crippen LogP contribution in [-0.2, 0) is 29.4 Å². The van der Waals surface area contributed by atoms with Crippen LogP contribution in [0.4, 0.5) is 4.79 Å². The summed E-state index contributed by atoms with van der Waals surface area (Å²) in [6, 6.07) is 10.3. The molecule has 0 bridgehead atoms. The molecule has 2 aromatic heterocycles. The van der Waals surface area contributed by atoms with Crippen molar-refractivity contribution in [3.63, 3.8) is 0 Å². The summed E-state index contributed by atoms with van der Waals surface area (Å²) in [6.07, 6.45) is 3.04. The molecule has 1 N–H and O–H groups in total. The molecule has 3 rings (SSSR count). The number of nitrogens with zero attached hydrogens (tertiary/aromatic N) is 2. The van der Waals surface area contributed by atoms with Crippen LogP contribution < -0.4 is 10.1 Å². The normalized spacial score (nSPS) is 11.4. The second-order valence-corrected chi connectivity index (χ2v) is 9.75. The van der Waals surface area contributed by atoms with Crippen LogP contribution in [0.5, 0.6) is 5.88 Å². The molecular weight excluding hydrogens is 458 g/mol. The summed E-state index contributed by atoms with van der Waals surface area (Å²) < 4.78 is 17.8. The van der Waals surface area contributed by atoms with Gasteiger partial charge in [0.15, 0.2) is 0 Å². The van der Waals surface area contributed by atoms with Crippen LogP contribution in [0, 0.1) is 0 Å². The highest BCUT2D eigenvalue weighted by molar-refractivity contribution is 5.93. The number of carbonyl (C=O) groups is 2. The van der Waals surface area contributed by atoms with Gasteiger partial charge in [-0.05, 0) is 76.3 Å². The fourth-order valence-corrected chi connectivity index (χ4v) is 4.20. The molecule has 1 amide bonds. The third kappa shape index (κ3) is 6.36. The lowest BCUT2D eigenvalue weighted by Crippen LogP contribution is -2.33. The third-order valence-electron chi connectivity index (χ3n) is 5.99. The predicted molar refractivity (Wildman–Crippen MR) is 141 cm³/mol. The Kier molecular flexibility index (Phi) is 8.61. The molecule has 0 unspecified atom stereocenters. The van der Waals surface area contributed by atoms with Gasteiger partial charge >= 0.3 is 12.1 Å². The van der Waals surface area contributed by atoms with E-state index < -0.39 is 11.6 Å². The largest absolute Gasteiger partial charge is 0.480 e. The van der Waals surface area contributed by atoms with Gasteiger partial charge in [0, 0.05) is 35.8 Å². The van der Waals surface area contributed by atoms with Crippen LogP contribution in [0.25, 0.3) is 22.2 Å². The first-order valence-corrected chi connectivity index (χ1v) is 12.3. The lowest BCUT2D eigenvalue weighted by atomic mass is 10.0. The SMILES string of the molecule is CCc1cc(C(=O)OC)c(OC)nc1-c1ccc2c(c1)cc(CCCCNC(=O)OC(C)(C)C)n2C. The van der Waals surface area contributed by atoms with Gasteiger partial charge in [0.2, 0.25) is 5.88 Å². The second-order valence-electron chi connectivity index (χ2n) is 9.75. The number of esters is 1. The summed E-state index contributed by atoms with van der Waals surface area (Å²) in [5, 5.41) is 3.93. The lowest BCUT2D eigenvalue weighted by molar-refractivity contribution is 0.0525. The summed E-state index contributed by atoms with van der Waals surface area (Å²) in [5.74, 6) is -0.215. The summed E-state index contributed by atoms with van der Waals surface area (Å²) >= 11 is 0. The number of rotatable bonds is 9. The van der Waals surface area contributed by atoms with E-state index >= 15 is 0 Å². The summed E-state index contributed by atoms with van der Waals surface area (Å²) in [7, 11) is 4.92. The molecule has 194 valence electrons. The zero-order valence-corrected chi connectivity index (χ0v) is 22.4. The van der Waals surface area contributed by atoms with E-state index in [1.165, 1.54) is 19.9 Å². The van der Waals surface area contributed by atoms with Crippen LogP contribution in [0.3, 0.4) is 0 Å². The zero-order chi connectivity index (χ0) is 26.5. The van der Waals surface area contributed by atoms with E-state index in [1.807, 2.05) is 27.7 Å². The molecule has 0 radical (unpaired) electrons. The number of nitrogens with one attached hydrogen (secondary N) is 1. The van der Waals surface area contributed by atoms with E-state index in [9.17, 15) is 9.59 Å². The number of hydrogen-bond donors (Lipinski definition) is 1. The van der Waals surface area contributed by atoms with Crippen molar-refractivity contribution in [1.82, 2.24) is 14.9 Å². The van der Waals surface area contributed by atoms with Crippen LogP contribution in [0.15, 0.2) is 30.3 Å². The molecule has 0 aliphatic rings. The second kappa shape index (κ2) is 11.5. The zero-order valence-electron chi connectivity index (χ0n) is 22.4. The quantitative estimate of drug-likeness (QED) is 0.314. The number of hydrogen-bond acceptors (Lipinski definition) is 6. The number of amides is 1. The molecule has 2 heterocycles. The van der Waals surface area contributed by atoms with Crippen LogP contribution in [0.2, 0.25) is 0 Å². The summed E-state index contributed by atoms with van der Waals surface area (Å²) in [6.45, 7) is 8.17. The van der Waals surface area contributed by atoms with E-state index in [-0.39, 0.29) is 12.0 Å². The van der Waals surface area contributed by atoms with Crippen LogP contribution in [0.1, 0.15) is 62.2 Å². The molecule has 3 aromatic rings. The molecule has 8 nitrogen and oxygen atoms in total. The van der Waals surface area contributed by atoms with Crippen molar-refractivity contribution < 1.29 is 23.8 Å². The van der Waals surface area contributed by atoms with Gasteiger partial charge in [0.1, 0.15) is 11.2 Å². The number of benzene rings is 1. The van der Waals surface area contributed by atoms with Crippen molar-refractivity contribution in [1.29, 1.82) is 0 Å². The lowest BCUT2D eigenvalue weighted by Gasteiger charge is -2.19. The van der Waals surface area contributed by atoms with E-state index in [1.54, 1.807) is 6.07 Å². The molecular formula is C28H37N3O5. The molecule has 0 aliphatic carbocycles. The Bertz CT molecular complexity index is 1240. The average Bonchev–Trinajstić information content (AvgIpc) is 3.15. The number of ether oxygens (including phenoxy) is 3. The first-order valence-electron chi connectivity index (χ1n) is 12.3. The summed E-state index contributed by atoms with van der Waals surface area (Å²) in [4.78, 5) is 28.6. The van der Waals surface area contributed by atoms with Gasteiger partial charge in [0.25, 0.3) is 0 Å². The number of carbonyl (C=O) groups excluding carboxylic acids is 2. The van der Waals surface area contributed by atoms with Gasteiger partial charge in [-0.1, -0.05) is 13.0 Å². The predicted octanol–water partition coefficient (Wildman–Crippen LogP) is 5.45. The number of aryl methyl sites for hydroxylation is 3. The van der Waals surface area contributed by atoms with Gasteiger partial charge in [0.05, 0.1) is 19.9 Å². The van der Waals surface area contributed by atoms with Crippen molar-refractivity contribution in [2.75, 3.05) is 20.8 Å². The highest BCUT2D eigenvalue weighted by Crippen LogP contribution is 2.31. The van der Waals surface area contributed by atoms with E-state index in [0.717, 1.165) is 47.0 Å². The molecule has 0 fully saturated rings.